The summed E-state index contributed by atoms with van der Waals surface area (Å²) in [5.41, 5.74) is 0.462. The normalized spacial score (nSPS) is 10.2. The standard InChI is InChI=1S/C13H10O5.C13H10O4/c14-8-3-1-7(2-4-8)11(16)9-5-6-10(15)13(18)12(9)17;14-10-7-6-9(12(16)13(10)17)11(15)8-4-2-1-3-5-8/h1-6,14-15,17-18H;1-7,14,16-17H. The summed E-state index contributed by atoms with van der Waals surface area (Å²) < 4.78 is 0. The number of hydrogen-bond donors (Lipinski definition) is 7. The molecule has 0 bridgehead atoms. The minimum atomic E-state index is -0.736. The van der Waals surface area contributed by atoms with Crippen LogP contribution in [0.2, 0.25) is 0 Å². The highest BCUT2D eigenvalue weighted by atomic mass is 16.3. The van der Waals surface area contributed by atoms with Crippen molar-refractivity contribution in [3.8, 4) is 40.2 Å². The number of carbonyl (C=O) groups is 2. The summed E-state index contributed by atoms with van der Waals surface area (Å²) in [6.45, 7) is 0. The third kappa shape index (κ3) is 5.25. The maximum atomic E-state index is 12.0. The monoisotopic (exact) mass is 476 g/mol. The number of carbonyl (C=O) groups excluding carboxylic acids is 2. The van der Waals surface area contributed by atoms with E-state index in [1.165, 1.54) is 36.4 Å². The van der Waals surface area contributed by atoms with Crippen molar-refractivity contribution in [1.82, 2.24) is 0 Å². The molecule has 0 fully saturated rings. The molecule has 0 aromatic heterocycles. The first-order chi connectivity index (χ1) is 16.6. The molecule has 0 spiro atoms. The first-order valence-corrected chi connectivity index (χ1v) is 10.0. The van der Waals surface area contributed by atoms with Crippen LogP contribution in [0.15, 0.2) is 78.9 Å². The van der Waals surface area contributed by atoms with E-state index in [-0.39, 0.29) is 22.4 Å². The molecule has 35 heavy (non-hydrogen) atoms. The van der Waals surface area contributed by atoms with Crippen molar-refractivity contribution in [2.45, 2.75) is 0 Å². The number of phenols is 7. The molecule has 4 rings (SSSR count). The Hall–Kier alpha value is -5.18. The summed E-state index contributed by atoms with van der Waals surface area (Å²) in [6.07, 6.45) is 0. The van der Waals surface area contributed by atoms with Crippen molar-refractivity contribution in [3.05, 3.63) is 101 Å². The second-order valence-electron chi connectivity index (χ2n) is 7.23. The Morgan fingerprint density at radius 1 is 0.429 bits per heavy atom. The van der Waals surface area contributed by atoms with Crippen LogP contribution in [0.1, 0.15) is 31.8 Å². The van der Waals surface area contributed by atoms with Crippen LogP contribution in [0.4, 0.5) is 0 Å². The molecule has 0 unspecified atom stereocenters. The van der Waals surface area contributed by atoms with E-state index >= 15 is 0 Å². The maximum absolute atomic E-state index is 12.0. The van der Waals surface area contributed by atoms with Crippen LogP contribution < -0.4 is 0 Å². The van der Waals surface area contributed by atoms with E-state index in [2.05, 4.69) is 0 Å². The molecule has 0 radical (unpaired) electrons. The van der Waals surface area contributed by atoms with Crippen LogP contribution in [0.3, 0.4) is 0 Å². The Morgan fingerprint density at radius 3 is 1.26 bits per heavy atom. The van der Waals surface area contributed by atoms with Gasteiger partial charge in [-0.1, -0.05) is 30.3 Å². The average Bonchev–Trinajstić information content (AvgIpc) is 2.87. The fraction of sp³-hybridized carbons (Fsp3) is 0. The fourth-order valence-corrected chi connectivity index (χ4v) is 3.02. The van der Waals surface area contributed by atoms with Crippen LogP contribution in [0, 0.1) is 0 Å². The molecule has 7 N–H and O–H groups in total. The molecule has 0 saturated carbocycles. The Morgan fingerprint density at radius 2 is 0.829 bits per heavy atom. The molecule has 0 amide bonds. The third-order valence-electron chi connectivity index (χ3n) is 4.91. The van der Waals surface area contributed by atoms with Gasteiger partial charge in [0.05, 0.1) is 11.1 Å². The highest BCUT2D eigenvalue weighted by molar-refractivity contribution is 6.12. The van der Waals surface area contributed by atoms with Crippen LogP contribution in [-0.4, -0.2) is 47.3 Å². The summed E-state index contributed by atoms with van der Waals surface area (Å²) in [7, 11) is 0. The van der Waals surface area contributed by atoms with E-state index in [1.807, 2.05) is 0 Å². The number of hydrogen-bond acceptors (Lipinski definition) is 9. The fourth-order valence-electron chi connectivity index (χ4n) is 3.02. The molecule has 4 aromatic carbocycles. The molecule has 0 aliphatic rings. The molecule has 178 valence electrons. The second kappa shape index (κ2) is 10.2. The van der Waals surface area contributed by atoms with Gasteiger partial charge in [-0.2, -0.15) is 0 Å². The van der Waals surface area contributed by atoms with Gasteiger partial charge < -0.3 is 35.7 Å². The van der Waals surface area contributed by atoms with Crippen LogP contribution in [-0.2, 0) is 0 Å². The van der Waals surface area contributed by atoms with E-state index < -0.39 is 46.1 Å². The largest absolute Gasteiger partial charge is 0.508 e. The van der Waals surface area contributed by atoms with Crippen LogP contribution in [0.25, 0.3) is 0 Å². The molecule has 9 nitrogen and oxygen atoms in total. The van der Waals surface area contributed by atoms with Crippen molar-refractivity contribution >= 4 is 11.6 Å². The van der Waals surface area contributed by atoms with Gasteiger partial charge in [0.2, 0.25) is 11.5 Å². The summed E-state index contributed by atoms with van der Waals surface area (Å²) in [6, 6.07) is 18.6. The van der Waals surface area contributed by atoms with Crippen molar-refractivity contribution in [2.75, 3.05) is 0 Å². The summed E-state index contributed by atoms with van der Waals surface area (Å²) in [5, 5.41) is 65.3. The Bertz CT molecular complexity index is 1380. The molecule has 9 heteroatoms. The van der Waals surface area contributed by atoms with Crippen LogP contribution in [0.5, 0.6) is 40.2 Å². The Labute approximate surface area is 198 Å². The lowest BCUT2D eigenvalue weighted by atomic mass is 10.0. The molecule has 0 atom stereocenters. The summed E-state index contributed by atoms with van der Waals surface area (Å²) in [4.78, 5) is 24.0. The number of benzene rings is 4. The summed E-state index contributed by atoms with van der Waals surface area (Å²) >= 11 is 0. The lowest BCUT2D eigenvalue weighted by Crippen LogP contribution is -2.01. The second-order valence-corrected chi connectivity index (χ2v) is 7.23. The average molecular weight is 476 g/mol. The van der Waals surface area contributed by atoms with E-state index in [0.717, 1.165) is 12.1 Å². The highest BCUT2D eigenvalue weighted by Crippen LogP contribution is 2.38. The van der Waals surface area contributed by atoms with Gasteiger partial charge in [0.1, 0.15) is 5.75 Å². The molecule has 0 saturated heterocycles. The maximum Gasteiger partial charge on any atom is 0.201 e. The van der Waals surface area contributed by atoms with Gasteiger partial charge in [0.15, 0.2) is 34.6 Å². The topological polar surface area (TPSA) is 176 Å². The van der Waals surface area contributed by atoms with Gasteiger partial charge in [-0.05, 0) is 48.5 Å². The first-order valence-electron chi connectivity index (χ1n) is 10.0. The minimum absolute atomic E-state index is 0.0179. The van der Waals surface area contributed by atoms with Gasteiger partial charge >= 0.3 is 0 Å². The lowest BCUT2D eigenvalue weighted by molar-refractivity contribution is 0.102. The number of rotatable bonds is 4. The van der Waals surface area contributed by atoms with Crippen molar-refractivity contribution < 1.29 is 45.3 Å². The molecule has 0 heterocycles. The molecule has 4 aromatic rings. The van der Waals surface area contributed by atoms with Gasteiger partial charge in [0, 0.05) is 11.1 Å². The van der Waals surface area contributed by atoms with E-state index in [1.54, 1.807) is 30.3 Å². The van der Waals surface area contributed by atoms with Crippen LogP contribution >= 0.6 is 0 Å². The van der Waals surface area contributed by atoms with Crippen molar-refractivity contribution in [3.63, 3.8) is 0 Å². The molecular formula is C26H20O9. The van der Waals surface area contributed by atoms with Crippen molar-refractivity contribution in [2.24, 2.45) is 0 Å². The number of ketones is 2. The quantitative estimate of drug-likeness (QED) is 0.171. The lowest BCUT2D eigenvalue weighted by Gasteiger charge is -2.06. The smallest absolute Gasteiger partial charge is 0.201 e. The van der Waals surface area contributed by atoms with Gasteiger partial charge in [-0.25, -0.2) is 0 Å². The summed E-state index contributed by atoms with van der Waals surface area (Å²) in [5.74, 6) is -4.61. The third-order valence-corrected chi connectivity index (χ3v) is 4.91. The number of phenolic OH excluding ortho intramolecular Hbond substituents is 7. The van der Waals surface area contributed by atoms with E-state index in [4.69, 9.17) is 15.3 Å². The molecule has 0 aliphatic heterocycles. The molecule has 0 aliphatic carbocycles. The Balaban J connectivity index is 0.000000196. The predicted molar refractivity (Wildman–Crippen MR) is 124 cm³/mol. The zero-order valence-corrected chi connectivity index (χ0v) is 18.0. The van der Waals surface area contributed by atoms with E-state index in [9.17, 15) is 30.0 Å². The van der Waals surface area contributed by atoms with Crippen molar-refractivity contribution in [1.29, 1.82) is 0 Å². The SMILES string of the molecule is O=C(c1ccc(O)cc1)c1ccc(O)c(O)c1O.O=C(c1ccccc1)c1ccc(O)c(O)c1O. The minimum Gasteiger partial charge on any atom is -0.508 e. The van der Waals surface area contributed by atoms with Gasteiger partial charge in [-0.3, -0.25) is 9.59 Å². The Kier molecular flexibility index (Phi) is 7.11. The van der Waals surface area contributed by atoms with E-state index in [0.29, 0.717) is 5.56 Å². The zero-order chi connectivity index (χ0) is 25.7. The predicted octanol–water partition coefficient (Wildman–Crippen LogP) is 3.77. The van der Waals surface area contributed by atoms with Gasteiger partial charge in [0.25, 0.3) is 0 Å². The van der Waals surface area contributed by atoms with Gasteiger partial charge in [-0.15, -0.1) is 0 Å². The highest BCUT2D eigenvalue weighted by Gasteiger charge is 2.19. The zero-order valence-electron chi connectivity index (χ0n) is 18.0. The first kappa shape index (κ1) is 24.5. The number of aromatic hydroxyl groups is 7. The molecular weight excluding hydrogens is 456 g/mol.